The fourth-order valence-electron chi connectivity index (χ4n) is 7.86. The molecule has 0 aromatic heterocycles. The van der Waals surface area contributed by atoms with E-state index in [2.05, 4.69) is 13.8 Å². The summed E-state index contributed by atoms with van der Waals surface area (Å²) >= 11 is 0. The zero-order valence-corrected chi connectivity index (χ0v) is 22.4. The van der Waals surface area contributed by atoms with E-state index in [0.717, 1.165) is 51.4 Å². The van der Waals surface area contributed by atoms with Gasteiger partial charge >= 0.3 is 0 Å². The second-order valence-electron chi connectivity index (χ2n) is 12.6. The average molecular weight is 513 g/mol. The molecular weight excluding hydrogens is 464 g/mol. The Kier molecular flexibility index (Phi) is 7.83. The van der Waals surface area contributed by atoms with Crippen LogP contribution in [0.1, 0.15) is 79.1 Å². The van der Waals surface area contributed by atoms with Crippen molar-refractivity contribution in [2.24, 2.45) is 22.7 Å². The molecule has 6 fully saturated rings. The first-order valence-electron chi connectivity index (χ1n) is 14.5. The molecule has 0 radical (unpaired) electrons. The summed E-state index contributed by atoms with van der Waals surface area (Å²) in [5.41, 5.74) is -0.704. The number of ether oxygens (including phenoxy) is 4. The van der Waals surface area contributed by atoms with Crippen molar-refractivity contribution >= 4 is 0 Å². The maximum absolute atomic E-state index is 10.4. The predicted molar refractivity (Wildman–Crippen MR) is 132 cm³/mol. The summed E-state index contributed by atoms with van der Waals surface area (Å²) in [5, 5.41) is 40.4. The summed E-state index contributed by atoms with van der Waals surface area (Å²) < 4.78 is 23.5. The van der Waals surface area contributed by atoms with E-state index < -0.39 is 12.2 Å². The first-order chi connectivity index (χ1) is 17.3. The Hall–Kier alpha value is -0.320. The van der Waals surface area contributed by atoms with Gasteiger partial charge in [-0.15, -0.1) is 0 Å². The fourth-order valence-corrected chi connectivity index (χ4v) is 7.86. The van der Waals surface area contributed by atoms with Crippen LogP contribution in [-0.2, 0) is 18.9 Å². The molecule has 0 amide bonds. The SMILES string of the molecule is CCCC[C@@H]1C[C@]2(CO)[C@H](O1)[C@@H](O)[C@@H](C)[C@H]1O[C@H]12.CCCC[C@H]1C[C@@]2(CO)[C@@H](O1)[C@H](O)[C@H](C)[C@@H]1O[C@@H]12. The van der Waals surface area contributed by atoms with Crippen LogP contribution in [0.5, 0.6) is 0 Å². The van der Waals surface area contributed by atoms with Crippen LogP contribution < -0.4 is 0 Å². The summed E-state index contributed by atoms with van der Waals surface area (Å²) in [4.78, 5) is 0. The van der Waals surface area contributed by atoms with Gasteiger partial charge in [-0.1, -0.05) is 53.4 Å². The molecule has 0 unspecified atom stereocenters. The summed E-state index contributed by atoms with van der Waals surface area (Å²) in [5.74, 6) is 0.231. The smallest absolute Gasteiger partial charge is 0.0950 e. The van der Waals surface area contributed by atoms with Crippen molar-refractivity contribution in [1.29, 1.82) is 0 Å². The average Bonchev–Trinajstić information content (AvgIpc) is 3.80. The molecular formula is C28H48O8. The van der Waals surface area contributed by atoms with E-state index in [-0.39, 0.29) is 84.7 Å². The standard InChI is InChI=1S/2C14H24O4/c2*1-3-4-5-9-6-14(7-15)12(17-9)10(16)8(2)11-13(14)18-11/h2*8-13,15-16H,3-7H2,1-2H3/t2*8-,9-,10+,11-,12-,13-,14+/m10/s1. The van der Waals surface area contributed by atoms with Gasteiger partial charge in [0.15, 0.2) is 0 Å². The molecule has 6 rings (SSSR count). The molecule has 36 heavy (non-hydrogen) atoms. The number of aliphatic hydroxyl groups is 4. The Bertz CT molecular complexity index is 704. The summed E-state index contributed by atoms with van der Waals surface area (Å²) in [7, 11) is 0. The van der Waals surface area contributed by atoms with E-state index in [1.807, 2.05) is 13.8 Å². The highest BCUT2D eigenvalue weighted by Crippen LogP contribution is 2.59. The maximum Gasteiger partial charge on any atom is 0.0950 e. The van der Waals surface area contributed by atoms with Crippen molar-refractivity contribution in [2.75, 3.05) is 13.2 Å². The van der Waals surface area contributed by atoms with Crippen molar-refractivity contribution < 1.29 is 39.4 Å². The lowest BCUT2D eigenvalue weighted by atomic mass is 9.66. The molecule has 4 N–H and O–H groups in total. The van der Waals surface area contributed by atoms with Gasteiger partial charge in [0.2, 0.25) is 0 Å². The monoisotopic (exact) mass is 512 g/mol. The van der Waals surface area contributed by atoms with Gasteiger partial charge in [0.1, 0.15) is 0 Å². The highest BCUT2D eigenvalue weighted by Gasteiger charge is 2.71. The molecule has 0 aromatic carbocycles. The van der Waals surface area contributed by atoms with Crippen LogP contribution >= 0.6 is 0 Å². The first-order valence-corrected chi connectivity index (χ1v) is 14.5. The van der Waals surface area contributed by atoms with E-state index >= 15 is 0 Å². The molecule has 8 nitrogen and oxygen atoms in total. The van der Waals surface area contributed by atoms with Crippen LogP contribution in [-0.4, -0.2) is 94.7 Å². The largest absolute Gasteiger partial charge is 0.396 e. The molecule has 0 spiro atoms. The Balaban J connectivity index is 0.000000148. The molecule has 4 aliphatic heterocycles. The van der Waals surface area contributed by atoms with Crippen LogP contribution in [0.4, 0.5) is 0 Å². The molecule has 2 saturated carbocycles. The lowest BCUT2D eigenvalue weighted by Gasteiger charge is -2.39. The molecule has 0 aromatic rings. The predicted octanol–water partition coefficient (Wildman–Crippen LogP) is 2.18. The Morgan fingerprint density at radius 3 is 1.36 bits per heavy atom. The second kappa shape index (κ2) is 10.3. The van der Waals surface area contributed by atoms with Gasteiger partial charge in [-0.3, -0.25) is 0 Å². The molecule has 6 aliphatic rings. The first kappa shape index (κ1) is 27.3. The van der Waals surface area contributed by atoms with E-state index in [1.54, 1.807) is 0 Å². The maximum atomic E-state index is 10.4. The Labute approximate surface area is 215 Å². The molecule has 208 valence electrons. The van der Waals surface area contributed by atoms with Crippen molar-refractivity contribution in [3.8, 4) is 0 Å². The number of fused-ring (bicyclic) bond motifs is 6. The van der Waals surface area contributed by atoms with Crippen molar-refractivity contribution in [3.63, 3.8) is 0 Å². The Morgan fingerprint density at radius 2 is 1.03 bits per heavy atom. The van der Waals surface area contributed by atoms with Gasteiger partial charge in [-0.2, -0.15) is 0 Å². The third-order valence-electron chi connectivity index (χ3n) is 10.3. The lowest BCUT2D eigenvalue weighted by Crippen LogP contribution is -2.54. The van der Waals surface area contributed by atoms with Crippen molar-refractivity contribution in [2.45, 2.75) is 140 Å². The van der Waals surface area contributed by atoms with Gasteiger partial charge in [-0.05, 0) is 25.7 Å². The van der Waals surface area contributed by atoms with Gasteiger partial charge in [-0.25, -0.2) is 0 Å². The number of aliphatic hydroxyl groups excluding tert-OH is 4. The summed E-state index contributed by atoms with van der Waals surface area (Å²) in [6.07, 6.45) is 7.56. The normalized spacial score (nSPS) is 54.0. The molecule has 14 atom stereocenters. The highest BCUT2D eigenvalue weighted by molar-refractivity contribution is 5.18. The van der Waals surface area contributed by atoms with Gasteiger partial charge in [0, 0.05) is 11.8 Å². The van der Waals surface area contributed by atoms with Gasteiger partial charge in [0.05, 0.1) is 85.1 Å². The minimum atomic E-state index is -0.507. The number of epoxide rings is 2. The van der Waals surface area contributed by atoms with Crippen molar-refractivity contribution in [1.82, 2.24) is 0 Å². The lowest BCUT2D eigenvalue weighted by molar-refractivity contribution is -0.114. The third kappa shape index (κ3) is 4.28. The zero-order chi connectivity index (χ0) is 25.8. The van der Waals surface area contributed by atoms with E-state index in [9.17, 15) is 20.4 Å². The van der Waals surface area contributed by atoms with E-state index in [4.69, 9.17) is 18.9 Å². The zero-order valence-electron chi connectivity index (χ0n) is 22.4. The van der Waals surface area contributed by atoms with Crippen molar-refractivity contribution in [3.05, 3.63) is 0 Å². The van der Waals surface area contributed by atoms with Crippen LogP contribution in [0, 0.1) is 22.7 Å². The summed E-state index contributed by atoms with van der Waals surface area (Å²) in [6.45, 7) is 8.48. The molecule has 2 aliphatic carbocycles. The van der Waals surface area contributed by atoms with Crippen LogP contribution in [0.15, 0.2) is 0 Å². The van der Waals surface area contributed by atoms with Crippen LogP contribution in [0.25, 0.3) is 0 Å². The molecule has 4 heterocycles. The third-order valence-corrected chi connectivity index (χ3v) is 10.3. The topological polar surface area (TPSA) is 124 Å². The van der Waals surface area contributed by atoms with Gasteiger partial charge in [0.25, 0.3) is 0 Å². The van der Waals surface area contributed by atoms with E-state index in [1.165, 1.54) is 0 Å². The highest BCUT2D eigenvalue weighted by atomic mass is 16.6. The van der Waals surface area contributed by atoms with Crippen LogP contribution in [0.3, 0.4) is 0 Å². The minimum absolute atomic E-state index is 0.0608. The molecule has 8 heteroatoms. The number of hydrogen-bond acceptors (Lipinski definition) is 8. The number of hydrogen-bond donors (Lipinski definition) is 4. The minimum Gasteiger partial charge on any atom is -0.396 e. The van der Waals surface area contributed by atoms with Crippen LogP contribution in [0.2, 0.25) is 0 Å². The van der Waals surface area contributed by atoms with Gasteiger partial charge < -0.3 is 39.4 Å². The number of unbranched alkanes of at least 4 members (excludes halogenated alkanes) is 2. The number of rotatable bonds is 8. The second-order valence-corrected chi connectivity index (χ2v) is 12.6. The molecule has 4 saturated heterocycles. The Morgan fingerprint density at radius 1 is 0.639 bits per heavy atom. The fraction of sp³-hybridized carbons (Fsp3) is 1.00. The summed E-state index contributed by atoms with van der Waals surface area (Å²) in [6, 6.07) is 0. The molecule has 0 bridgehead atoms. The quantitative estimate of drug-likeness (QED) is 0.365. The van der Waals surface area contributed by atoms with E-state index in [0.29, 0.717) is 0 Å².